The summed E-state index contributed by atoms with van der Waals surface area (Å²) in [5.74, 6) is -1.03. The maximum atomic E-state index is 14.3. The second kappa shape index (κ2) is 10.6. The molecule has 1 fully saturated rings. The number of nitrogens with zero attached hydrogens (tertiary/aromatic N) is 3. The number of alkyl halides is 1. The lowest BCUT2D eigenvalue weighted by atomic mass is 10.0. The third-order valence-electron chi connectivity index (χ3n) is 6.34. The van der Waals surface area contributed by atoms with Crippen molar-refractivity contribution in [2.24, 2.45) is 0 Å². The lowest BCUT2D eigenvalue weighted by molar-refractivity contribution is 0.0827. The van der Waals surface area contributed by atoms with Gasteiger partial charge in [-0.1, -0.05) is 0 Å². The van der Waals surface area contributed by atoms with E-state index in [9.17, 15) is 22.8 Å². The summed E-state index contributed by atoms with van der Waals surface area (Å²) < 4.78 is 49.4. The van der Waals surface area contributed by atoms with E-state index in [-0.39, 0.29) is 17.9 Å². The topological polar surface area (TPSA) is 66.2 Å². The molecule has 3 aromatic rings. The van der Waals surface area contributed by atoms with Crippen LogP contribution >= 0.6 is 0 Å². The van der Waals surface area contributed by atoms with Gasteiger partial charge in [0.15, 0.2) is 11.3 Å². The average molecular weight is 504 g/mol. The van der Waals surface area contributed by atoms with Crippen molar-refractivity contribution in [1.82, 2.24) is 4.90 Å². The van der Waals surface area contributed by atoms with Crippen LogP contribution in [0.3, 0.4) is 0 Å². The summed E-state index contributed by atoms with van der Waals surface area (Å²) in [6, 6.07) is 6.90. The van der Waals surface area contributed by atoms with E-state index in [0.717, 1.165) is 6.07 Å². The van der Waals surface area contributed by atoms with Crippen molar-refractivity contribution in [2.45, 2.75) is 13.0 Å². The molecule has 3 heterocycles. The van der Waals surface area contributed by atoms with E-state index in [1.54, 1.807) is 26.2 Å². The minimum atomic E-state index is -0.648. The van der Waals surface area contributed by atoms with Gasteiger partial charge in [0.1, 0.15) is 17.2 Å². The van der Waals surface area contributed by atoms with Gasteiger partial charge in [-0.2, -0.15) is 0 Å². The zero-order chi connectivity index (χ0) is 26.0. The Morgan fingerprint density at radius 3 is 2.44 bits per heavy atom. The minimum absolute atomic E-state index is 0.233. The SMILES string of the molecule is CF.CN(C)C(=O)c1cc(CN2CCc3c(F)cc(F)cc32)c2oc(N3CCOCC3)cc(=O)c2c1. The first-order valence-electron chi connectivity index (χ1n) is 11.6. The number of fused-ring (bicyclic) bond motifs is 2. The highest BCUT2D eigenvalue weighted by molar-refractivity contribution is 5.98. The molecule has 0 atom stereocenters. The number of morpholine rings is 1. The molecule has 36 heavy (non-hydrogen) atoms. The Morgan fingerprint density at radius 1 is 1.03 bits per heavy atom. The van der Waals surface area contributed by atoms with E-state index in [1.807, 2.05) is 9.80 Å². The molecule has 0 aliphatic carbocycles. The van der Waals surface area contributed by atoms with E-state index < -0.39 is 11.6 Å². The van der Waals surface area contributed by atoms with E-state index in [0.29, 0.717) is 85.7 Å². The highest BCUT2D eigenvalue weighted by atomic mass is 19.1. The fourth-order valence-corrected chi connectivity index (χ4v) is 4.61. The monoisotopic (exact) mass is 503 g/mol. The molecule has 10 heteroatoms. The van der Waals surface area contributed by atoms with Crippen LogP contribution < -0.4 is 15.2 Å². The molecular formula is C26H28F3N3O4. The Labute approximate surface area is 206 Å². The predicted octanol–water partition coefficient (Wildman–Crippen LogP) is 3.76. The molecule has 2 aliphatic heterocycles. The van der Waals surface area contributed by atoms with Gasteiger partial charge >= 0.3 is 0 Å². The quantitative estimate of drug-likeness (QED) is 0.540. The summed E-state index contributed by atoms with van der Waals surface area (Å²) in [7, 11) is 3.77. The van der Waals surface area contributed by atoms with Gasteiger partial charge in [0.05, 0.1) is 25.8 Å². The first-order valence-corrected chi connectivity index (χ1v) is 11.6. The standard InChI is InChI=1S/C25H25F2N3O4.CH3F/c1-28(2)25(32)15-9-16(14-30-4-3-18-20(27)11-17(26)12-21(18)30)24-19(10-15)22(31)13-23(34-24)29-5-7-33-8-6-29;1-2/h9-13H,3-8,14H2,1-2H3;1H3. The molecule has 1 aromatic heterocycles. The van der Waals surface area contributed by atoms with Gasteiger partial charge in [-0.3, -0.25) is 14.0 Å². The number of carbonyl (C=O) groups is 1. The van der Waals surface area contributed by atoms with E-state index >= 15 is 0 Å². The van der Waals surface area contributed by atoms with Gasteiger partial charge in [0.2, 0.25) is 0 Å². The highest BCUT2D eigenvalue weighted by Crippen LogP contribution is 2.34. The van der Waals surface area contributed by atoms with Crippen LogP contribution in [-0.4, -0.2) is 64.9 Å². The van der Waals surface area contributed by atoms with Gasteiger partial charge in [-0.05, 0) is 24.6 Å². The van der Waals surface area contributed by atoms with Crippen molar-refractivity contribution in [1.29, 1.82) is 0 Å². The highest BCUT2D eigenvalue weighted by Gasteiger charge is 2.26. The number of carbonyl (C=O) groups excluding carboxylic acids is 1. The van der Waals surface area contributed by atoms with Crippen molar-refractivity contribution in [3.8, 4) is 0 Å². The molecule has 0 N–H and O–H groups in total. The van der Waals surface area contributed by atoms with Gasteiger partial charge < -0.3 is 23.9 Å². The average Bonchev–Trinajstić information content (AvgIpc) is 3.28. The van der Waals surface area contributed by atoms with E-state index in [1.165, 1.54) is 17.0 Å². The maximum absolute atomic E-state index is 14.3. The molecule has 5 rings (SSSR count). The number of hydrogen-bond donors (Lipinski definition) is 0. The molecule has 1 amide bonds. The Kier molecular flexibility index (Phi) is 7.53. The summed E-state index contributed by atoms with van der Waals surface area (Å²) >= 11 is 0. The Morgan fingerprint density at radius 2 is 1.75 bits per heavy atom. The zero-order valence-corrected chi connectivity index (χ0v) is 20.4. The summed E-state index contributed by atoms with van der Waals surface area (Å²) in [5.41, 5.74) is 2.01. The lowest BCUT2D eigenvalue weighted by Crippen LogP contribution is -2.36. The minimum Gasteiger partial charge on any atom is -0.440 e. The van der Waals surface area contributed by atoms with Crippen LogP contribution in [0.5, 0.6) is 0 Å². The van der Waals surface area contributed by atoms with Crippen LogP contribution in [0, 0.1) is 11.6 Å². The molecule has 0 unspecified atom stereocenters. The second-order valence-electron chi connectivity index (χ2n) is 8.82. The fraction of sp³-hybridized carbons (Fsp3) is 0.385. The van der Waals surface area contributed by atoms with E-state index in [2.05, 4.69) is 0 Å². The first kappa shape index (κ1) is 25.6. The molecule has 0 bridgehead atoms. The maximum Gasteiger partial charge on any atom is 0.253 e. The molecule has 192 valence electrons. The predicted molar refractivity (Wildman–Crippen MR) is 132 cm³/mol. The number of halogens is 3. The zero-order valence-electron chi connectivity index (χ0n) is 20.4. The Hall–Kier alpha value is -3.53. The van der Waals surface area contributed by atoms with Crippen LogP contribution in [0.15, 0.2) is 39.5 Å². The van der Waals surface area contributed by atoms with E-state index in [4.69, 9.17) is 9.15 Å². The van der Waals surface area contributed by atoms with Crippen molar-refractivity contribution in [3.05, 3.63) is 68.9 Å². The largest absolute Gasteiger partial charge is 0.440 e. The normalized spacial score (nSPS) is 14.9. The third-order valence-corrected chi connectivity index (χ3v) is 6.34. The number of anilines is 2. The van der Waals surface area contributed by atoms with Gasteiger partial charge in [0.25, 0.3) is 5.91 Å². The van der Waals surface area contributed by atoms with Crippen LogP contribution in [0.25, 0.3) is 11.0 Å². The summed E-state index contributed by atoms with van der Waals surface area (Å²) in [5, 5.41) is 0.296. The molecule has 0 radical (unpaired) electrons. The smallest absolute Gasteiger partial charge is 0.253 e. The summed E-state index contributed by atoms with van der Waals surface area (Å²) in [6.45, 7) is 2.98. The number of amides is 1. The molecule has 2 aliphatic rings. The summed E-state index contributed by atoms with van der Waals surface area (Å²) in [4.78, 5) is 31.1. The number of benzene rings is 2. The van der Waals surface area contributed by atoms with Crippen molar-refractivity contribution in [2.75, 3.05) is 63.9 Å². The lowest BCUT2D eigenvalue weighted by Gasteiger charge is -2.27. The van der Waals surface area contributed by atoms with Crippen LogP contribution in [0.4, 0.5) is 24.7 Å². The van der Waals surface area contributed by atoms with Gasteiger partial charge in [-0.25, -0.2) is 8.78 Å². The molecule has 7 nitrogen and oxygen atoms in total. The molecular weight excluding hydrogens is 475 g/mol. The second-order valence-corrected chi connectivity index (χ2v) is 8.82. The first-order chi connectivity index (χ1) is 17.3. The number of hydrogen-bond acceptors (Lipinski definition) is 6. The number of rotatable bonds is 4. The fourth-order valence-electron chi connectivity index (χ4n) is 4.61. The van der Waals surface area contributed by atoms with Crippen molar-refractivity contribution in [3.63, 3.8) is 0 Å². The summed E-state index contributed by atoms with van der Waals surface area (Å²) in [6.07, 6.45) is 0.443. The molecule has 2 aromatic carbocycles. The third kappa shape index (κ3) is 4.90. The van der Waals surface area contributed by atoms with Crippen LogP contribution in [-0.2, 0) is 17.7 Å². The Bertz CT molecular complexity index is 1340. The van der Waals surface area contributed by atoms with Crippen molar-refractivity contribution < 1.29 is 27.1 Å². The molecule has 1 saturated heterocycles. The molecule has 0 saturated carbocycles. The van der Waals surface area contributed by atoms with Crippen LogP contribution in [0.2, 0.25) is 0 Å². The number of ether oxygens (including phenoxy) is 1. The van der Waals surface area contributed by atoms with Gasteiger partial charge in [-0.15, -0.1) is 0 Å². The Balaban J connectivity index is 0.00000148. The molecule has 0 spiro atoms. The van der Waals surface area contributed by atoms with Crippen LogP contribution in [0.1, 0.15) is 21.5 Å². The van der Waals surface area contributed by atoms with Gasteiger partial charge in [0, 0.05) is 74.8 Å². The van der Waals surface area contributed by atoms with Crippen molar-refractivity contribution >= 4 is 28.4 Å².